The number of hydrogen-bond donors (Lipinski definition) is 2. The topological polar surface area (TPSA) is 66.6 Å². The molecule has 2 aliphatic rings. The zero-order valence-electron chi connectivity index (χ0n) is 10.3. The Hall–Kier alpha value is -2.33. The molecular formula is C15H14N2O2. The molecule has 4 nitrogen and oxygen atoms in total. The Morgan fingerprint density at radius 2 is 2.11 bits per heavy atom. The van der Waals surface area contributed by atoms with E-state index in [1.165, 1.54) is 4.90 Å². The van der Waals surface area contributed by atoms with Gasteiger partial charge >= 0.3 is 6.03 Å². The molecule has 1 aliphatic heterocycles. The van der Waals surface area contributed by atoms with E-state index in [-0.39, 0.29) is 0 Å². The van der Waals surface area contributed by atoms with Crippen LogP contribution in [-0.4, -0.2) is 17.2 Å². The SMILES string of the molecule is NC(=O)N1C=CC2=C(CC(O)C=C2)c2ccccc21. The monoisotopic (exact) mass is 254 g/mol. The number of aliphatic hydroxyl groups is 1. The van der Waals surface area contributed by atoms with Crippen molar-refractivity contribution in [3.8, 4) is 0 Å². The van der Waals surface area contributed by atoms with E-state index >= 15 is 0 Å². The van der Waals surface area contributed by atoms with Crippen molar-refractivity contribution in [2.24, 2.45) is 5.73 Å². The molecule has 0 saturated heterocycles. The minimum Gasteiger partial charge on any atom is -0.389 e. The Balaban J connectivity index is 2.21. The summed E-state index contributed by atoms with van der Waals surface area (Å²) in [5.74, 6) is 0. The number of fused-ring (bicyclic) bond motifs is 2. The first kappa shape index (κ1) is 11.7. The van der Waals surface area contributed by atoms with E-state index in [0.717, 1.165) is 22.4 Å². The highest BCUT2D eigenvalue weighted by molar-refractivity contribution is 5.98. The second kappa shape index (κ2) is 4.40. The van der Waals surface area contributed by atoms with Gasteiger partial charge in [0.2, 0.25) is 0 Å². The summed E-state index contributed by atoms with van der Waals surface area (Å²) >= 11 is 0. The van der Waals surface area contributed by atoms with Crippen LogP contribution in [0.1, 0.15) is 12.0 Å². The van der Waals surface area contributed by atoms with Gasteiger partial charge in [0.1, 0.15) is 0 Å². The van der Waals surface area contributed by atoms with Gasteiger partial charge in [-0.05, 0) is 23.3 Å². The third-order valence-electron chi connectivity index (χ3n) is 3.39. The molecule has 1 heterocycles. The maximum absolute atomic E-state index is 11.6. The first-order valence-corrected chi connectivity index (χ1v) is 6.12. The van der Waals surface area contributed by atoms with Crippen LogP contribution in [-0.2, 0) is 0 Å². The van der Waals surface area contributed by atoms with Crippen molar-refractivity contribution in [2.75, 3.05) is 4.90 Å². The van der Waals surface area contributed by atoms with E-state index in [2.05, 4.69) is 0 Å². The van der Waals surface area contributed by atoms with Crippen molar-refractivity contribution in [3.63, 3.8) is 0 Å². The summed E-state index contributed by atoms with van der Waals surface area (Å²) in [4.78, 5) is 13.0. The zero-order valence-corrected chi connectivity index (χ0v) is 10.3. The lowest BCUT2D eigenvalue weighted by atomic mass is 9.90. The first-order chi connectivity index (χ1) is 9.16. The molecule has 0 spiro atoms. The van der Waals surface area contributed by atoms with Gasteiger partial charge in [-0.3, -0.25) is 4.90 Å². The van der Waals surface area contributed by atoms with Gasteiger partial charge in [-0.25, -0.2) is 4.79 Å². The van der Waals surface area contributed by atoms with Gasteiger partial charge in [0.15, 0.2) is 0 Å². The van der Waals surface area contributed by atoms with Crippen molar-refractivity contribution in [1.82, 2.24) is 0 Å². The van der Waals surface area contributed by atoms with Gasteiger partial charge in [-0.1, -0.05) is 30.4 Å². The number of carbonyl (C=O) groups excluding carboxylic acids is 1. The van der Waals surface area contributed by atoms with Crippen LogP contribution in [0.25, 0.3) is 5.57 Å². The van der Waals surface area contributed by atoms with Crippen LogP contribution < -0.4 is 10.6 Å². The lowest BCUT2D eigenvalue weighted by Crippen LogP contribution is -2.31. The number of allylic oxidation sites excluding steroid dienone is 3. The molecule has 4 heteroatoms. The molecule has 0 bridgehead atoms. The van der Waals surface area contributed by atoms with Crippen molar-refractivity contribution in [3.05, 3.63) is 59.8 Å². The quantitative estimate of drug-likeness (QED) is 0.745. The summed E-state index contributed by atoms with van der Waals surface area (Å²) in [5.41, 5.74) is 9.14. The average Bonchev–Trinajstić information content (AvgIpc) is 2.56. The Kier molecular flexibility index (Phi) is 2.72. The summed E-state index contributed by atoms with van der Waals surface area (Å²) in [5, 5.41) is 9.79. The van der Waals surface area contributed by atoms with Crippen molar-refractivity contribution >= 4 is 17.3 Å². The van der Waals surface area contributed by atoms with Crippen LogP contribution in [0, 0.1) is 0 Å². The molecule has 1 aliphatic carbocycles. The van der Waals surface area contributed by atoms with Gasteiger partial charge in [0.05, 0.1) is 11.8 Å². The number of urea groups is 1. The predicted octanol–water partition coefficient (Wildman–Crippen LogP) is 2.17. The number of carbonyl (C=O) groups is 1. The third kappa shape index (κ3) is 1.96. The summed E-state index contributed by atoms with van der Waals surface area (Å²) in [6.07, 6.45) is 7.21. The number of nitrogens with two attached hydrogens (primary N) is 1. The number of amides is 2. The minimum atomic E-state index is -0.520. The Bertz CT molecular complexity index is 629. The molecule has 0 aromatic heterocycles. The summed E-state index contributed by atoms with van der Waals surface area (Å²) in [6, 6.07) is 7.06. The van der Waals surface area contributed by atoms with E-state index in [1.807, 2.05) is 36.4 Å². The molecule has 96 valence electrons. The fraction of sp³-hybridized carbons (Fsp3) is 0.133. The second-order valence-electron chi connectivity index (χ2n) is 4.61. The Morgan fingerprint density at radius 3 is 2.89 bits per heavy atom. The maximum Gasteiger partial charge on any atom is 0.323 e. The molecule has 3 N–H and O–H groups in total. The number of primary amides is 1. The lowest BCUT2D eigenvalue weighted by molar-refractivity contribution is 0.228. The molecule has 2 amide bonds. The molecule has 1 unspecified atom stereocenters. The van der Waals surface area contributed by atoms with Crippen LogP contribution in [0.5, 0.6) is 0 Å². The summed E-state index contributed by atoms with van der Waals surface area (Å²) in [7, 11) is 0. The standard InChI is InChI=1S/C15H14N2O2/c16-15(19)17-8-7-10-5-6-11(18)9-13(10)12-3-1-2-4-14(12)17/h1-8,11,18H,9H2,(H2,16,19). The molecule has 0 radical (unpaired) electrons. The van der Waals surface area contributed by atoms with E-state index in [4.69, 9.17) is 5.73 Å². The number of para-hydroxylation sites is 1. The molecule has 1 aromatic rings. The average molecular weight is 254 g/mol. The lowest BCUT2D eigenvalue weighted by Gasteiger charge is -2.21. The molecule has 19 heavy (non-hydrogen) atoms. The number of anilines is 1. The zero-order chi connectivity index (χ0) is 13.4. The van der Waals surface area contributed by atoms with Crippen molar-refractivity contribution in [1.29, 1.82) is 0 Å². The van der Waals surface area contributed by atoms with Crippen LogP contribution in [0.15, 0.2) is 54.3 Å². The molecular weight excluding hydrogens is 240 g/mol. The fourth-order valence-electron chi connectivity index (χ4n) is 2.50. The first-order valence-electron chi connectivity index (χ1n) is 6.12. The second-order valence-corrected chi connectivity index (χ2v) is 4.61. The number of hydrogen-bond acceptors (Lipinski definition) is 2. The van der Waals surface area contributed by atoms with E-state index in [1.54, 1.807) is 12.3 Å². The number of nitrogens with zero attached hydrogens (tertiary/aromatic N) is 1. The summed E-state index contributed by atoms with van der Waals surface area (Å²) in [6.45, 7) is 0. The highest BCUT2D eigenvalue weighted by Gasteiger charge is 2.23. The molecule has 3 rings (SSSR count). The number of rotatable bonds is 0. The van der Waals surface area contributed by atoms with Crippen LogP contribution in [0.4, 0.5) is 10.5 Å². The third-order valence-corrected chi connectivity index (χ3v) is 3.39. The highest BCUT2D eigenvalue weighted by Crippen LogP contribution is 2.37. The van der Waals surface area contributed by atoms with Gasteiger partial charge in [0.25, 0.3) is 0 Å². The highest BCUT2D eigenvalue weighted by atomic mass is 16.3. The Labute approximate surface area is 111 Å². The molecule has 0 fully saturated rings. The summed E-state index contributed by atoms with van der Waals surface area (Å²) < 4.78 is 0. The molecule has 1 aromatic carbocycles. The Morgan fingerprint density at radius 1 is 1.32 bits per heavy atom. The number of benzene rings is 1. The van der Waals surface area contributed by atoms with Gasteiger partial charge < -0.3 is 10.8 Å². The maximum atomic E-state index is 11.6. The minimum absolute atomic E-state index is 0.486. The van der Waals surface area contributed by atoms with Crippen LogP contribution in [0.2, 0.25) is 0 Å². The van der Waals surface area contributed by atoms with Crippen molar-refractivity contribution in [2.45, 2.75) is 12.5 Å². The van der Waals surface area contributed by atoms with Gasteiger partial charge in [0, 0.05) is 18.2 Å². The smallest absolute Gasteiger partial charge is 0.323 e. The van der Waals surface area contributed by atoms with Gasteiger partial charge in [-0.2, -0.15) is 0 Å². The van der Waals surface area contributed by atoms with E-state index < -0.39 is 12.1 Å². The number of aliphatic hydroxyl groups excluding tert-OH is 1. The van der Waals surface area contributed by atoms with Gasteiger partial charge in [-0.15, -0.1) is 0 Å². The fourth-order valence-corrected chi connectivity index (χ4v) is 2.50. The largest absolute Gasteiger partial charge is 0.389 e. The van der Waals surface area contributed by atoms with E-state index in [9.17, 15) is 9.90 Å². The predicted molar refractivity (Wildman–Crippen MR) is 74.3 cm³/mol. The molecule has 1 atom stereocenters. The van der Waals surface area contributed by atoms with Crippen LogP contribution in [0.3, 0.4) is 0 Å². The van der Waals surface area contributed by atoms with Crippen molar-refractivity contribution < 1.29 is 9.90 Å². The molecule has 0 saturated carbocycles. The normalized spacial score (nSPS) is 20.9. The van der Waals surface area contributed by atoms with Crippen LogP contribution >= 0.6 is 0 Å². The van der Waals surface area contributed by atoms with E-state index in [0.29, 0.717) is 6.42 Å².